The van der Waals surface area contributed by atoms with Crippen molar-refractivity contribution in [3.8, 4) is 0 Å². The van der Waals surface area contributed by atoms with Crippen LogP contribution in [0, 0.1) is 0 Å². The van der Waals surface area contributed by atoms with Gasteiger partial charge in [-0.2, -0.15) is 0 Å². The third kappa shape index (κ3) is 4.35. The second-order valence-electron chi connectivity index (χ2n) is 6.41. The number of carbonyl (C=O) groups is 5. The predicted octanol–water partition coefficient (Wildman–Crippen LogP) is 1.41. The minimum Gasteiger partial charge on any atom is -0.447 e. The van der Waals surface area contributed by atoms with Gasteiger partial charge in [-0.25, -0.2) is 4.79 Å². The van der Waals surface area contributed by atoms with E-state index in [1.807, 2.05) is 0 Å². The van der Waals surface area contributed by atoms with Crippen molar-refractivity contribution in [3.63, 3.8) is 0 Å². The zero-order chi connectivity index (χ0) is 21.7. The maximum Gasteiger partial charge on any atom is 0.321 e. The number of hydrogen-bond donors (Lipinski definition) is 2. The number of carbonyl (C=O) groups excluding carboxylic acids is 5. The van der Waals surface area contributed by atoms with E-state index >= 15 is 0 Å². The van der Waals surface area contributed by atoms with Crippen LogP contribution in [0.25, 0.3) is 0 Å². The smallest absolute Gasteiger partial charge is 0.321 e. The maximum absolute atomic E-state index is 12.4. The van der Waals surface area contributed by atoms with Crippen molar-refractivity contribution >= 4 is 29.7 Å². The van der Waals surface area contributed by atoms with Crippen LogP contribution in [0.2, 0.25) is 0 Å². The summed E-state index contributed by atoms with van der Waals surface area (Å²) in [7, 11) is 1.34. The molecule has 0 saturated carbocycles. The highest BCUT2D eigenvalue weighted by Gasteiger charge is 2.35. The summed E-state index contributed by atoms with van der Waals surface area (Å²) >= 11 is 0. The Labute approximate surface area is 172 Å². The first-order valence-corrected chi connectivity index (χ1v) is 9.14. The van der Waals surface area contributed by atoms with Crippen molar-refractivity contribution in [2.45, 2.75) is 12.5 Å². The van der Waals surface area contributed by atoms with Crippen molar-refractivity contribution in [1.82, 2.24) is 15.5 Å². The SMILES string of the molecule is CNC(=O)NC(=O)[C@H](OC(=O)CCN1C(=O)c2ccccc2C1=O)c1ccccc1. The molecule has 1 aliphatic heterocycles. The molecule has 0 saturated heterocycles. The number of benzene rings is 2. The first kappa shape index (κ1) is 20.7. The maximum atomic E-state index is 12.4. The molecule has 0 spiro atoms. The van der Waals surface area contributed by atoms with Crippen LogP contribution in [0.1, 0.15) is 38.8 Å². The summed E-state index contributed by atoms with van der Waals surface area (Å²) in [4.78, 5) is 61.9. The molecule has 1 heterocycles. The van der Waals surface area contributed by atoms with Gasteiger partial charge in [0.25, 0.3) is 17.7 Å². The molecule has 1 atom stereocenters. The zero-order valence-electron chi connectivity index (χ0n) is 16.1. The Morgan fingerprint density at radius 3 is 2.07 bits per heavy atom. The van der Waals surface area contributed by atoms with Crippen LogP contribution in [0.3, 0.4) is 0 Å². The normalized spacial score (nSPS) is 13.4. The van der Waals surface area contributed by atoms with Gasteiger partial charge < -0.3 is 10.1 Å². The highest BCUT2D eigenvalue weighted by atomic mass is 16.5. The summed E-state index contributed by atoms with van der Waals surface area (Å²) in [5.74, 6) is -2.59. The average molecular weight is 409 g/mol. The van der Waals surface area contributed by atoms with E-state index in [2.05, 4.69) is 10.6 Å². The van der Waals surface area contributed by atoms with E-state index in [1.165, 1.54) is 7.05 Å². The van der Waals surface area contributed by atoms with Crippen LogP contribution in [-0.4, -0.2) is 48.2 Å². The first-order chi connectivity index (χ1) is 14.4. The lowest BCUT2D eigenvalue weighted by molar-refractivity contribution is -0.156. The average Bonchev–Trinajstić information content (AvgIpc) is 3.01. The number of fused-ring (bicyclic) bond motifs is 1. The fourth-order valence-corrected chi connectivity index (χ4v) is 2.98. The van der Waals surface area contributed by atoms with Gasteiger partial charge in [0.15, 0.2) is 0 Å². The number of ether oxygens (including phenoxy) is 1. The third-order valence-corrected chi connectivity index (χ3v) is 4.47. The number of amides is 5. The molecule has 0 radical (unpaired) electrons. The molecule has 5 amide bonds. The molecule has 0 aliphatic carbocycles. The lowest BCUT2D eigenvalue weighted by Crippen LogP contribution is -2.41. The van der Waals surface area contributed by atoms with Gasteiger partial charge in [0.05, 0.1) is 17.5 Å². The van der Waals surface area contributed by atoms with Crippen LogP contribution in [0.4, 0.5) is 4.79 Å². The van der Waals surface area contributed by atoms with Crippen LogP contribution in [0.5, 0.6) is 0 Å². The van der Waals surface area contributed by atoms with E-state index in [0.29, 0.717) is 5.56 Å². The van der Waals surface area contributed by atoms with Crippen molar-refractivity contribution in [2.75, 3.05) is 13.6 Å². The molecule has 0 fully saturated rings. The Morgan fingerprint density at radius 2 is 1.50 bits per heavy atom. The third-order valence-electron chi connectivity index (χ3n) is 4.47. The topological polar surface area (TPSA) is 122 Å². The Bertz CT molecular complexity index is 970. The second-order valence-corrected chi connectivity index (χ2v) is 6.41. The molecule has 2 N–H and O–H groups in total. The standard InChI is InChI=1S/C21H19N3O6/c1-22-21(29)23-18(26)17(13-7-3-2-4-8-13)30-16(25)11-12-24-19(27)14-9-5-6-10-15(14)20(24)28/h2-10,17H,11-12H2,1H3,(H2,22,23,26,29)/t17-/m1/s1. The minimum absolute atomic E-state index is 0.191. The monoisotopic (exact) mass is 409 g/mol. The molecule has 3 rings (SSSR count). The lowest BCUT2D eigenvalue weighted by atomic mass is 10.1. The van der Waals surface area contributed by atoms with Crippen molar-refractivity contribution in [3.05, 3.63) is 71.3 Å². The number of hydrogen-bond acceptors (Lipinski definition) is 6. The lowest BCUT2D eigenvalue weighted by Gasteiger charge is -2.18. The van der Waals surface area contributed by atoms with Crippen LogP contribution in [0.15, 0.2) is 54.6 Å². The molecule has 0 aromatic heterocycles. The molecule has 30 heavy (non-hydrogen) atoms. The Balaban J connectivity index is 1.66. The van der Waals surface area contributed by atoms with Crippen molar-refractivity contribution in [1.29, 1.82) is 0 Å². The van der Waals surface area contributed by atoms with E-state index in [9.17, 15) is 24.0 Å². The highest BCUT2D eigenvalue weighted by molar-refractivity contribution is 6.21. The van der Waals surface area contributed by atoms with E-state index in [-0.39, 0.29) is 24.1 Å². The Hall–Kier alpha value is -4.01. The fourth-order valence-electron chi connectivity index (χ4n) is 2.98. The number of nitrogens with zero attached hydrogens (tertiary/aromatic N) is 1. The van der Waals surface area contributed by atoms with Crippen molar-refractivity contribution in [2.24, 2.45) is 0 Å². The molecule has 0 unspecified atom stereocenters. The van der Waals surface area contributed by atoms with Crippen molar-refractivity contribution < 1.29 is 28.7 Å². The molecule has 2 aromatic rings. The molecule has 9 nitrogen and oxygen atoms in total. The van der Waals surface area contributed by atoms with Gasteiger partial charge in [-0.3, -0.25) is 29.4 Å². The Kier molecular flexibility index (Phi) is 6.21. The minimum atomic E-state index is -1.36. The van der Waals surface area contributed by atoms with Gasteiger partial charge >= 0.3 is 12.0 Å². The Morgan fingerprint density at radius 1 is 0.933 bits per heavy atom. The quantitative estimate of drug-likeness (QED) is 0.550. The van der Waals surface area contributed by atoms with Gasteiger partial charge in [-0.15, -0.1) is 0 Å². The summed E-state index contributed by atoms with van der Waals surface area (Å²) in [6.45, 7) is -0.191. The number of imide groups is 2. The summed E-state index contributed by atoms with van der Waals surface area (Å²) in [5.41, 5.74) is 0.930. The van der Waals surface area contributed by atoms with E-state index in [1.54, 1.807) is 54.6 Å². The highest BCUT2D eigenvalue weighted by Crippen LogP contribution is 2.23. The molecular formula is C21H19N3O6. The number of urea groups is 1. The number of rotatable bonds is 6. The van der Waals surface area contributed by atoms with Gasteiger partial charge in [0.1, 0.15) is 0 Å². The van der Waals surface area contributed by atoms with Gasteiger partial charge in [0, 0.05) is 19.2 Å². The van der Waals surface area contributed by atoms with Gasteiger partial charge in [-0.1, -0.05) is 42.5 Å². The second kappa shape index (κ2) is 8.99. The summed E-state index contributed by atoms with van der Waals surface area (Å²) in [6, 6.07) is 13.8. The zero-order valence-corrected chi connectivity index (χ0v) is 16.1. The molecule has 9 heteroatoms. The van der Waals surface area contributed by atoms with E-state index in [4.69, 9.17) is 4.74 Å². The van der Waals surface area contributed by atoms with Crippen LogP contribution < -0.4 is 10.6 Å². The molecule has 154 valence electrons. The van der Waals surface area contributed by atoms with E-state index < -0.39 is 35.8 Å². The summed E-state index contributed by atoms with van der Waals surface area (Å²) < 4.78 is 5.27. The predicted molar refractivity (Wildman–Crippen MR) is 104 cm³/mol. The fraction of sp³-hybridized carbons (Fsp3) is 0.190. The number of nitrogens with one attached hydrogen (secondary N) is 2. The van der Waals surface area contributed by atoms with Crippen LogP contribution >= 0.6 is 0 Å². The summed E-state index contributed by atoms with van der Waals surface area (Å²) in [5, 5.41) is 4.32. The first-order valence-electron chi connectivity index (χ1n) is 9.14. The largest absolute Gasteiger partial charge is 0.447 e. The van der Waals surface area contributed by atoms with E-state index in [0.717, 1.165) is 4.90 Å². The number of esters is 1. The molecule has 2 aromatic carbocycles. The van der Waals surface area contributed by atoms with Gasteiger partial charge in [-0.05, 0) is 12.1 Å². The molecule has 1 aliphatic rings. The molecular weight excluding hydrogens is 390 g/mol. The van der Waals surface area contributed by atoms with Gasteiger partial charge in [0.2, 0.25) is 6.10 Å². The molecule has 0 bridgehead atoms. The summed E-state index contributed by atoms with van der Waals surface area (Å²) in [6.07, 6.45) is -1.67. The van der Waals surface area contributed by atoms with Crippen LogP contribution in [-0.2, 0) is 14.3 Å².